The van der Waals surface area contributed by atoms with Gasteiger partial charge in [0, 0.05) is 42.7 Å². The summed E-state index contributed by atoms with van der Waals surface area (Å²) in [5.41, 5.74) is 7.03. The average Bonchev–Trinajstić information content (AvgIpc) is 3.20. The number of hydrogen-bond donors (Lipinski definition) is 0. The van der Waals surface area contributed by atoms with Gasteiger partial charge < -0.3 is 27.2 Å². The molecule has 0 atom stereocenters. The predicted octanol–water partition coefficient (Wildman–Crippen LogP) is 16.3. The molecule has 0 spiro atoms. The minimum atomic E-state index is -2.15. The first kappa shape index (κ1) is 54.8. The van der Waals surface area contributed by atoms with Crippen molar-refractivity contribution in [3.63, 3.8) is 0 Å². The van der Waals surface area contributed by atoms with Crippen LogP contribution >= 0.6 is 0 Å². The predicted molar refractivity (Wildman–Crippen MR) is 299 cm³/mol. The van der Waals surface area contributed by atoms with E-state index in [4.69, 9.17) is 27.2 Å². The third-order valence-electron chi connectivity index (χ3n) is 16.7. The van der Waals surface area contributed by atoms with Gasteiger partial charge in [-0.3, -0.25) is 9.80 Å². The molecule has 2 heterocycles. The lowest BCUT2D eigenvalue weighted by Crippen LogP contribution is -2.45. The van der Waals surface area contributed by atoms with Gasteiger partial charge in [0.15, 0.2) is 0 Å². The third-order valence-corrected chi connectivity index (χ3v) is 34.0. The van der Waals surface area contributed by atoms with Crippen LogP contribution in [-0.4, -0.2) is 56.5 Å². The van der Waals surface area contributed by atoms with Crippen LogP contribution in [0.3, 0.4) is 0 Å². The second kappa shape index (κ2) is 19.1. The van der Waals surface area contributed by atoms with Crippen LogP contribution in [0.4, 0.5) is 0 Å². The Morgan fingerprint density at radius 2 is 0.710 bits per heavy atom. The molecule has 6 rings (SSSR count). The zero-order chi connectivity index (χ0) is 51.6. The fourth-order valence-corrected chi connectivity index (χ4v) is 11.7. The summed E-state index contributed by atoms with van der Waals surface area (Å²) in [5.74, 6) is 5.37. The molecule has 0 bridgehead atoms. The summed E-state index contributed by atoms with van der Waals surface area (Å²) in [4.78, 5) is 4.75. The molecular formula is C57H90N2O6Si4. The SMILES string of the molecule is CC(C)(c1ccc2c(c1)CN(Cc1ccc(O[Si](C)(C)C(C)(C)C)c(O[Si](C)(C)C(C)(C)C)c1)CO2)c1ccc2c(c1)CN(Cc1ccc(O[Si](C)(C)C(C)(C)C)c(O[Si](C)(C)C(C)(C)C)c1)CO2. The van der Waals surface area contributed by atoms with Crippen LogP contribution in [0.5, 0.6) is 34.5 Å². The molecule has 0 aromatic heterocycles. The van der Waals surface area contributed by atoms with Crippen molar-refractivity contribution in [3.8, 4) is 34.5 Å². The highest BCUT2D eigenvalue weighted by Gasteiger charge is 2.44. The molecule has 4 aromatic carbocycles. The maximum atomic E-state index is 7.03. The highest BCUT2D eigenvalue weighted by Crippen LogP contribution is 2.47. The van der Waals surface area contributed by atoms with Crippen molar-refractivity contribution in [1.29, 1.82) is 0 Å². The summed E-state index contributed by atoms with van der Waals surface area (Å²) in [6.45, 7) is 54.7. The van der Waals surface area contributed by atoms with Crippen LogP contribution in [0.25, 0.3) is 0 Å². The molecule has 12 heteroatoms. The maximum absolute atomic E-state index is 7.03. The average molecular weight is 1010 g/mol. The highest BCUT2D eigenvalue weighted by atomic mass is 28.4. The van der Waals surface area contributed by atoms with E-state index in [9.17, 15) is 0 Å². The molecule has 2 aliphatic rings. The van der Waals surface area contributed by atoms with Gasteiger partial charge in [0.05, 0.1) is 0 Å². The quantitative estimate of drug-likeness (QED) is 0.116. The first-order valence-corrected chi connectivity index (χ1v) is 37.0. The molecule has 8 nitrogen and oxygen atoms in total. The number of hydrogen-bond acceptors (Lipinski definition) is 8. The highest BCUT2D eigenvalue weighted by molar-refractivity contribution is 6.76. The van der Waals surface area contributed by atoms with Crippen LogP contribution < -0.4 is 27.2 Å². The summed E-state index contributed by atoms with van der Waals surface area (Å²) in [6.07, 6.45) is 0. The van der Waals surface area contributed by atoms with Crippen LogP contribution in [0.2, 0.25) is 72.5 Å². The summed E-state index contributed by atoms with van der Waals surface area (Å²) in [5, 5.41) is 0.257. The van der Waals surface area contributed by atoms with Gasteiger partial charge in [0.1, 0.15) is 48.0 Å². The van der Waals surface area contributed by atoms with Crippen LogP contribution in [0, 0.1) is 0 Å². The van der Waals surface area contributed by atoms with Gasteiger partial charge in [0.25, 0.3) is 33.3 Å². The molecule has 0 radical (unpaired) electrons. The second-order valence-electron chi connectivity index (χ2n) is 26.8. The molecule has 2 aliphatic heterocycles. The van der Waals surface area contributed by atoms with Gasteiger partial charge in [-0.15, -0.1) is 0 Å². The van der Waals surface area contributed by atoms with E-state index >= 15 is 0 Å². The summed E-state index contributed by atoms with van der Waals surface area (Å²) >= 11 is 0. The Balaban J connectivity index is 1.19. The molecule has 69 heavy (non-hydrogen) atoms. The molecule has 380 valence electrons. The lowest BCUT2D eigenvalue weighted by molar-refractivity contribution is 0.0884. The monoisotopic (exact) mass is 1010 g/mol. The first-order chi connectivity index (χ1) is 31.4. The molecule has 0 N–H and O–H groups in total. The van der Waals surface area contributed by atoms with Gasteiger partial charge in [-0.05, 0) is 143 Å². The summed E-state index contributed by atoms with van der Waals surface area (Å²) in [6, 6.07) is 26.7. The summed E-state index contributed by atoms with van der Waals surface area (Å²) < 4.78 is 40.8. The minimum absolute atomic E-state index is 0.0561. The van der Waals surface area contributed by atoms with Crippen molar-refractivity contribution in [3.05, 3.63) is 106 Å². The molecule has 0 unspecified atom stereocenters. The van der Waals surface area contributed by atoms with E-state index < -0.39 is 33.3 Å². The molecule has 0 fully saturated rings. The number of fused-ring (bicyclic) bond motifs is 2. The molecule has 0 saturated heterocycles. The minimum Gasteiger partial charge on any atom is -0.541 e. The van der Waals surface area contributed by atoms with Crippen molar-refractivity contribution in [2.75, 3.05) is 13.5 Å². The van der Waals surface area contributed by atoms with Crippen molar-refractivity contribution in [2.24, 2.45) is 0 Å². The van der Waals surface area contributed by atoms with Crippen LogP contribution in [0.1, 0.15) is 130 Å². The molecule has 0 aliphatic carbocycles. The maximum Gasteiger partial charge on any atom is 0.250 e. The van der Waals surface area contributed by atoms with Crippen LogP contribution in [0.15, 0.2) is 72.8 Å². The Morgan fingerprint density at radius 1 is 0.406 bits per heavy atom. The van der Waals surface area contributed by atoms with Gasteiger partial charge in [-0.1, -0.05) is 121 Å². The Kier molecular flexibility index (Phi) is 15.2. The van der Waals surface area contributed by atoms with Gasteiger partial charge in [-0.2, -0.15) is 0 Å². The Hall–Kier alpha value is -3.53. The normalized spacial score (nSPS) is 16.0. The lowest BCUT2D eigenvalue weighted by atomic mass is 9.77. The van der Waals surface area contributed by atoms with Crippen molar-refractivity contribution in [2.45, 2.75) is 201 Å². The number of nitrogens with zero attached hydrogens (tertiary/aromatic N) is 2. The van der Waals surface area contributed by atoms with E-state index in [-0.39, 0.29) is 25.6 Å². The van der Waals surface area contributed by atoms with Gasteiger partial charge in [0.2, 0.25) is 0 Å². The zero-order valence-electron chi connectivity index (χ0n) is 47.0. The number of rotatable bonds is 14. The van der Waals surface area contributed by atoms with Gasteiger partial charge in [-0.25, -0.2) is 0 Å². The standard InChI is InChI=1S/C57H90N2O6Si4/c1-53(2,3)66(15,16)62-49-27-23-41(31-51(49)64-68(19,20)55(7,8)9)35-58-37-43-33-45(25-29-47(43)60-39-58)57(13,14)46-26-30-48-44(34-46)38-59(40-61-48)36-42-24-28-50(63-67(17,18)54(4,5)6)52(32-42)65-69(21,22)56(10,11)12/h23-34H,35-40H2,1-22H3. The lowest BCUT2D eigenvalue weighted by Gasteiger charge is -2.40. The number of ether oxygens (including phenoxy) is 2. The Morgan fingerprint density at radius 3 is 1.01 bits per heavy atom. The zero-order valence-corrected chi connectivity index (χ0v) is 51.0. The van der Waals surface area contributed by atoms with E-state index in [0.717, 1.165) is 60.7 Å². The Bertz CT molecular complexity index is 2300. The largest absolute Gasteiger partial charge is 0.541 e. The van der Waals surface area contributed by atoms with Crippen molar-refractivity contribution in [1.82, 2.24) is 9.80 Å². The fraction of sp³-hybridized carbons (Fsp3) is 0.579. The van der Waals surface area contributed by atoms with E-state index in [1.165, 1.54) is 33.4 Å². The Labute approximate surface area is 423 Å². The van der Waals surface area contributed by atoms with Crippen LogP contribution in [-0.2, 0) is 31.6 Å². The second-order valence-corrected chi connectivity index (χ2v) is 45.7. The van der Waals surface area contributed by atoms with E-state index in [1.54, 1.807) is 0 Å². The molecular weight excluding hydrogens is 921 g/mol. The van der Waals surface area contributed by atoms with E-state index in [2.05, 4.69) is 232 Å². The fourth-order valence-electron chi connectivity index (χ4n) is 7.59. The van der Waals surface area contributed by atoms with E-state index in [1.807, 2.05) is 0 Å². The van der Waals surface area contributed by atoms with Crippen molar-refractivity contribution < 1.29 is 27.2 Å². The smallest absolute Gasteiger partial charge is 0.250 e. The van der Waals surface area contributed by atoms with Crippen molar-refractivity contribution >= 4 is 33.3 Å². The van der Waals surface area contributed by atoms with E-state index in [0.29, 0.717) is 13.5 Å². The number of benzene rings is 4. The molecule has 0 saturated carbocycles. The first-order valence-electron chi connectivity index (χ1n) is 25.4. The third kappa shape index (κ3) is 12.4. The topological polar surface area (TPSA) is 61.9 Å². The summed E-state index contributed by atoms with van der Waals surface area (Å²) in [7, 11) is -8.50. The molecule has 4 aromatic rings. The van der Waals surface area contributed by atoms with Gasteiger partial charge >= 0.3 is 0 Å². The molecule has 0 amide bonds.